The summed E-state index contributed by atoms with van der Waals surface area (Å²) < 4.78 is 6.89. The molecule has 3 aromatic rings. The number of rotatable bonds is 6. The lowest BCUT2D eigenvalue weighted by atomic mass is 10.1. The number of aromatic nitrogens is 4. The normalized spacial score (nSPS) is 13.5. The number of tetrazole rings is 1. The number of hydrogen-bond donors (Lipinski definition) is 0. The Bertz CT molecular complexity index is 1030. The number of benzene rings is 2. The van der Waals surface area contributed by atoms with Crippen LogP contribution in [0.25, 0.3) is 5.69 Å². The molecule has 2 heterocycles. The third-order valence-corrected chi connectivity index (χ3v) is 5.59. The van der Waals surface area contributed by atoms with Crippen molar-refractivity contribution < 1.29 is 9.53 Å². The molecule has 1 aliphatic heterocycles. The van der Waals surface area contributed by atoms with Gasteiger partial charge in [0.1, 0.15) is 12.1 Å². The highest BCUT2D eigenvalue weighted by Gasteiger charge is 2.22. The van der Waals surface area contributed by atoms with Gasteiger partial charge in [-0.25, -0.2) is 0 Å². The lowest BCUT2D eigenvalue weighted by Gasteiger charge is -2.25. The van der Waals surface area contributed by atoms with Crippen LogP contribution in [-0.4, -0.2) is 58.3 Å². The SMILES string of the molecule is COc1cc(-n2cnnn2)c(Cl)cc1C(=O)N(C)Cc1ccccc1N1CCCC1. The molecule has 1 aromatic heterocycles. The Hall–Kier alpha value is -3.13. The van der Waals surface area contributed by atoms with E-state index in [4.69, 9.17) is 16.3 Å². The molecule has 0 bridgehead atoms. The van der Waals surface area contributed by atoms with E-state index in [0.717, 1.165) is 18.7 Å². The van der Waals surface area contributed by atoms with Crippen molar-refractivity contribution in [2.24, 2.45) is 0 Å². The Morgan fingerprint density at radius 3 is 2.67 bits per heavy atom. The first-order valence-corrected chi connectivity index (χ1v) is 10.2. The zero-order chi connectivity index (χ0) is 21.1. The molecule has 0 unspecified atom stereocenters. The van der Waals surface area contributed by atoms with E-state index in [1.807, 2.05) is 12.1 Å². The molecule has 0 N–H and O–H groups in total. The van der Waals surface area contributed by atoms with Gasteiger partial charge in [-0.05, 0) is 41.0 Å². The summed E-state index contributed by atoms with van der Waals surface area (Å²) in [5.74, 6) is 0.239. The van der Waals surface area contributed by atoms with Crippen molar-refractivity contribution in [3.8, 4) is 11.4 Å². The van der Waals surface area contributed by atoms with Gasteiger partial charge in [-0.1, -0.05) is 29.8 Å². The minimum Gasteiger partial charge on any atom is -0.496 e. The van der Waals surface area contributed by atoms with Crippen LogP contribution in [0.3, 0.4) is 0 Å². The Morgan fingerprint density at radius 1 is 1.20 bits per heavy atom. The molecule has 0 radical (unpaired) electrons. The summed E-state index contributed by atoms with van der Waals surface area (Å²) in [6.45, 7) is 2.59. The highest BCUT2D eigenvalue weighted by Crippen LogP contribution is 2.31. The molecule has 156 valence electrons. The van der Waals surface area contributed by atoms with Crippen LogP contribution >= 0.6 is 11.6 Å². The first kappa shape index (κ1) is 20.2. The minimum atomic E-state index is -0.173. The molecular weight excluding hydrogens is 404 g/mol. The number of carbonyl (C=O) groups is 1. The Balaban J connectivity index is 1.60. The summed E-state index contributed by atoms with van der Waals surface area (Å²) in [6, 6.07) is 11.5. The second-order valence-corrected chi connectivity index (χ2v) is 7.65. The van der Waals surface area contributed by atoms with Crippen LogP contribution in [-0.2, 0) is 6.54 Å². The van der Waals surface area contributed by atoms with Crippen LogP contribution in [0.5, 0.6) is 5.75 Å². The van der Waals surface area contributed by atoms with E-state index in [1.54, 1.807) is 24.1 Å². The summed E-state index contributed by atoms with van der Waals surface area (Å²) in [4.78, 5) is 17.3. The summed E-state index contributed by atoms with van der Waals surface area (Å²) in [5.41, 5.74) is 3.23. The molecule has 1 aliphatic rings. The Labute approximate surface area is 180 Å². The maximum absolute atomic E-state index is 13.2. The quantitative estimate of drug-likeness (QED) is 0.602. The maximum atomic E-state index is 13.2. The standard InChI is InChI=1S/C21H23ClN6O2/c1-26(13-15-7-3-4-8-18(15)27-9-5-6-10-27)21(29)16-11-17(22)19(12-20(16)30-2)28-14-23-24-25-28/h3-4,7-8,11-12,14H,5-6,9-10,13H2,1-2H3. The Kier molecular flexibility index (Phi) is 5.85. The zero-order valence-electron chi connectivity index (χ0n) is 17.0. The molecule has 1 amide bonds. The smallest absolute Gasteiger partial charge is 0.257 e. The number of halogens is 1. The molecule has 30 heavy (non-hydrogen) atoms. The highest BCUT2D eigenvalue weighted by atomic mass is 35.5. The van der Waals surface area contributed by atoms with E-state index in [1.165, 1.54) is 36.6 Å². The fourth-order valence-corrected chi connectivity index (χ4v) is 4.02. The lowest BCUT2D eigenvalue weighted by molar-refractivity contribution is 0.0782. The van der Waals surface area contributed by atoms with Gasteiger partial charge in [0.05, 0.1) is 23.4 Å². The third-order valence-electron chi connectivity index (χ3n) is 5.29. The van der Waals surface area contributed by atoms with E-state index in [-0.39, 0.29) is 5.91 Å². The zero-order valence-corrected chi connectivity index (χ0v) is 17.7. The first-order chi connectivity index (χ1) is 14.6. The van der Waals surface area contributed by atoms with Crippen molar-refractivity contribution in [3.63, 3.8) is 0 Å². The van der Waals surface area contributed by atoms with Gasteiger partial charge in [0, 0.05) is 38.4 Å². The summed E-state index contributed by atoms with van der Waals surface area (Å²) >= 11 is 6.42. The van der Waals surface area contributed by atoms with Crippen LogP contribution in [0, 0.1) is 0 Å². The summed E-state index contributed by atoms with van der Waals surface area (Å²) in [5, 5.41) is 11.5. The molecule has 2 aromatic carbocycles. The largest absolute Gasteiger partial charge is 0.496 e. The number of methoxy groups -OCH3 is 1. The van der Waals surface area contributed by atoms with Crippen LogP contribution < -0.4 is 9.64 Å². The number of anilines is 1. The fourth-order valence-electron chi connectivity index (χ4n) is 3.77. The van der Waals surface area contributed by atoms with Crippen molar-refractivity contribution in [3.05, 3.63) is 58.9 Å². The van der Waals surface area contributed by atoms with Crippen LogP contribution in [0.4, 0.5) is 5.69 Å². The molecule has 0 saturated carbocycles. The molecule has 0 spiro atoms. The molecule has 1 saturated heterocycles. The van der Waals surface area contributed by atoms with Crippen LogP contribution in [0.2, 0.25) is 5.02 Å². The predicted octanol–water partition coefficient (Wildman–Crippen LogP) is 3.20. The van der Waals surface area contributed by atoms with Crippen LogP contribution in [0.1, 0.15) is 28.8 Å². The fraction of sp³-hybridized carbons (Fsp3) is 0.333. The number of ether oxygens (including phenoxy) is 1. The average molecular weight is 427 g/mol. The first-order valence-electron chi connectivity index (χ1n) is 9.77. The number of hydrogen-bond acceptors (Lipinski definition) is 6. The molecule has 0 aliphatic carbocycles. The van der Waals surface area contributed by atoms with Gasteiger partial charge >= 0.3 is 0 Å². The van der Waals surface area contributed by atoms with Crippen molar-refractivity contribution in [1.82, 2.24) is 25.1 Å². The van der Waals surface area contributed by atoms with Gasteiger partial charge in [0.25, 0.3) is 5.91 Å². The average Bonchev–Trinajstić information content (AvgIpc) is 3.47. The number of amides is 1. The molecule has 0 atom stereocenters. The predicted molar refractivity (Wildman–Crippen MR) is 114 cm³/mol. The number of para-hydroxylation sites is 1. The summed E-state index contributed by atoms with van der Waals surface area (Å²) in [6.07, 6.45) is 3.84. The second-order valence-electron chi connectivity index (χ2n) is 7.24. The highest BCUT2D eigenvalue weighted by molar-refractivity contribution is 6.33. The van der Waals surface area contributed by atoms with Crippen LogP contribution in [0.15, 0.2) is 42.7 Å². The molecular formula is C21H23ClN6O2. The van der Waals surface area contributed by atoms with Gasteiger partial charge in [-0.15, -0.1) is 5.10 Å². The molecule has 9 heteroatoms. The van der Waals surface area contributed by atoms with Crippen molar-refractivity contribution in [1.29, 1.82) is 0 Å². The minimum absolute atomic E-state index is 0.173. The molecule has 4 rings (SSSR count). The van der Waals surface area contributed by atoms with Crippen molar-refractivity contribution in [2.75, 3.05) is 32.1 Å². The monoisotopic (exact) mass is 426 g/mol. The maximum Gasteiger partial charge on any atom is 0.257 e. The number of nitrogens with zero attached hydrogens (tertiary/aromatic N) is 6. The van der Waals surface area contributed by atoms with E-state index in [2.05, 4.69) is 32.6 Å². The van der Waals surface area contributed by atoms with E-state index >= 15 is 0 Å². The van der Waals surface area contributed by atoms with Gasteiger partial charge in [-0.3, -0.25) is 4.79 Å². The van der Waals surface area contributed by atoms with Gasteiger partial charge in [0.15, 0.2) is 0 Å². The summed E-state index contributed by atoms with van der Waals surface area (Å²) in [7, 11) is 3.30. The molecule has 8 nitrogen and oxygen atoms in total. The topological polar surface area (TPSA) is 76.4 Å². The third kappa shape index (κ3) is 3.95. The van der Waals surface area contributed by atoms with E-state index < -0.39 is 0 Å². The van der Waals surface area contributed by atoms with E-state index in [0.29, 0.717) is 28.6 Å². The van der Waals surface area contributed by atoms with Gasteiger partial charge in [0.2, 0.25) is 0 Å². The van der Waals surface area contributed by atoms with Crippen molar-refractivity contribution in [2.45, 2.75) is 19.4 Å². The number of carbonyl (C=O) groups excluding carboxylic acids is 1. The van der Waals surface area contributed by atoms with Gasteiger partial charge in [-0.2, -0.15) is 4.68 Å². The molecule has 1 fully saturated rings. The second kappa shape index (κ2) is 8.71. The van der Waals surface area contributed by atoms with Crippen molar-refractivity contribution >= 4 is 23.2 Å². The lowest BCUT2D eigenvalue weighted by Crippen LogP contribution is -2.28. The van der Waals surface area contributed by atoms with E-state index in [9.17, 15) is 4.79 Å². The van der Waals surface area contributed by atoms with Gasteiger partial charge < -0.3 is 14.5 Å². The Morgan fingerprint density at radius 2 is 1.97 bits per heavy atom.